The van der Waals surface area contributed by atoms with E-state index in [1.165, 1.54) is 19.1 Å². The molecule has 3 amide bonds. The number of imide groups is 1. The van der Waals surface area contributed by atoms with Crippen molar-refractivity contribution in [2.45, 2.75) is 57.4 Å². The zero-order valence-corrected chi connectivity index (χ0v) is 18.2. The standard InChI is InChI=1S/C19H29N3O6S/c1-6-11-20-18(25)21-16(23)12-28-17(24)13(2)22-29(26,27)15-9-7-14(8-10-15)19(3,4)5/h7-10,13,22H,6,11-12H2,1-5H3,(H2,20,21,23,25)/t13-/m0/s1. The minimum atomic E-state index is -3.95. The van der Waals surface area contributed by atoms with Gasteiger partial charge in [0.2, 0.25) is 10.0 Å². The summed E-state index contributed by atoms with van der Waals surface area (Å²) in [5.74, 6) is -1.76. The van der Waals surface area contributed by atoms with E-state index in [-0.39, 0.29) is 10.3 Å². The fourth-order valence-corrected chi connectivity index (χ4v) is 3.38. The van der Waals surface area contributed by atoms with Crippen molar-refractivity contribution in [2.24, 2.45) is 0 Å². The number of hydrogen-bond acceptors (Lipinski definition) is 6. The highest BCUT2D eigenvalue weighted by atomic mass is 32.2. The Kier molecular flexibility index (Phi) is 8.78. The Labute approximate surface area is 171 Å². The monoisotopic (exact) mass is 427 g/mol. The lowest BCUT2D eigenvalue weighted by atomic mass is 9.87. The Bertz CT molecular complexity index is 828. The predicted molar refractivity (Wildman–Crippen MR) is 108 cm³/mol. The summed E-state index contributed by atoms with van der Waals surface area (Å²) in [6, 6.07) is 4.44. The van der Waals surface area contributed by atoms with Crippen LogP contribution in [0.1, 0.15) is 46.6 Å². The first-order chi connectivity index (χ1) is 13.4. The van der Waals surface area contributed by atoms with Crippen LogP contribution < -0.4 is 15.4 Å². The Balaban J connectivity index is 2.60. The lowest BCUT2D eigenvalue weighted by Crippen LogP contribution is -2.43. The number of amides is 3. The van der Waals surface area contributed by atoms with Gasteiger partial charge < -0.3 is 10.1 Å². The van der Waals surface area contributed by atoms with Gasteiger partial charge in [0.05, 0.1) is 4.90 Å². The summed E-state index contributed by atoms with van der Waals surface area (Å²) >= 11 is 0. The molecule has 0 heterocycles. The first-order valence-corrected chi connectivity index (χ1v) is 10.7. The molecule has 1 aromatic carbocycles. The third kappa shape index (κ3) is 8.20. The van der Waals surface area contributed by atoms with Gasteiger partial charge in [-0.05, 0) is 36.5 Å². The van der Waals surface area contributed by atoms with E-state index in [4.69, 9.17) is 4.74 Å². The number of nitrogens with one attached hydrogen (secondary N) is 3. The highest BCUT2D eigenvalue weighted by molar-refractivity contribution is 7.89. The molecule has 9 nitrogen and oxygen atoms in total. The van der Waals surface area contributed by atoms with Gasteiger partial charge in [-0.3, -0.25) is 14.9 Å². The normalized spacial score (nSPS) is 12.7. The van der Waals surface area contributed by atoms with Gasteiger partial charge in [-0.15, -0.1) is 0 Å². The summed E-state index contributed by atoms with van der Waals surface area (Å²) < 4.78 is 31.9. The Morgan fingerprint density at radius 2 is 1.69 bits per heavy atom. The Morgan fingerprint density at radius 3 is 2.21 bits per heavy atom. The molecule has 0 aliphatic heterocycles. The van der Waals surface area contributed by atoms with Crippen LogP contribution >= 0.6 is 0 Å². The molecule has 0 spiro atoms. The second-order valence-corrected chi connectivity index (χ2v) is 9.24. The SMILES string of the molecule is CCCNC(=O)NC(=O)COC(=O)[C@H](C)NS(=O)(=O)c1ccc(C(C)(C)C)cc1. The van der Waals surface area contributed by atoms with Gasteiger partial charge in [-0.2, -0.15) is 4.72 Å². The van der Waals surface area contributed by atoms with Crippen molar-refractivity contribution in [3.63, 3.8) is 0 Å². The second-order valence-electron chi connectivity index (χ2n) is 7.53. The van der Waals surface area contributed by atoms with Crippen LogP contribution in [0.25, 0.3) is 0 Å². The average molecular weight is 428 g/mol. The van der Waals surface area contributed by atoms with Crippen molar-refractivity contribution >= 4 is 27.9 Å². The Morgan fingerprint density at radius 1 is 1.10 bits per heavy atom. The third-order valence-corrected chi connectivity index (χ3v) is 5.41. The van der Waals surface area contributed by atoms with E-state index in [1.54, 1.807) is 12.1 Å². The molecule has 0 saturated carbocycles. The molecule has 0 aromatic heterocycles. The molecule has 162 valence electrons. The summed E-state index contributed by atoms with van der Waals surface area (Å²) in [5.41, 5.74) is 0.846. The first kappa shape index (κ1) is 24.6. The number of rotatable bonds is 8. The summed E-state index contributed by atoms with van der Waals surface area (Å²) in [6.45, 7) is 8.88. The van der Waals surface area contributed by atoms with E-state index < -0.39 is 40.6 Å². The number of ether oxygens (including phenoxy) is 1. The van der Waals surface area contributed by atoms with Gasteiger partial charge in [-0.25, -0.2) is 13.2 Å². The molecule has 10 heteroatoms. The lowest BCUT2D eigenvalue weighted by molar-refractivity contribution is -0.149. The maximum absolute atomic E-state index is 12.4. The number of benzene rings is 1. The van der Waals surface area contributed by atoms with Gasteiger partial charge in [0.1, 0.15) is 6.04 Å². The van der Waals surface area contributed by atoms with Crippen LogP contribution in [0.5, 0.6) is 0 Å². The van der Waals surface area contributed by atoms with Crippen molar-refractivity contribution < 1.29 is 27.5 Å². The molecule has 3 N–H and O–H groups in total. The quantitative estimate of drug-likeness (QED) is 0.538. The zero-order valence-electron chi connectivity index (χ0n) is 17.4. The van der Waals surface area contributed by atoms with E-state index in [2.05, 4.69) is 10.0 Å². The van der Waals surface area contributed by atoms with Crippen molar-refractivity contribution in [3.05, 3.63) is 29.8 Å². The zero-order chi connectivity index (χ0) is 22.2. The first-order valence-electron chi connectivity index (χ1n) is 9.24. The van der Waals surface area contributed by atoms with E-state index in [0.29, 0.717) is 13.0 Å². The fraction of sp³-hybridized carbons (Fsp3) is 0.526. The molecule has 0 fully saturated rings. The maximum atomic E-state index is 12.4. The van der Waals surface area contributed by atoms with Crippen LogP contribution in [0.15, 0.2) is 29.2 Å². The summed E-state index contributed by atoms with van der Waals surface area (Å²) in [6.07, 6.45) is 0.702. The van der Waals surface area contributed by atoms with Crippen LogP contribution in [0, 0.1) is 0 Å². The predicted octanol–water partition coefficient (Wildman–Crippen LogP) is 1.43. The molecular formula is C19H29N3O6S. The molecule has 0 radical (unpaired) electrons. The molecule has 0 aliphatic carbocycles. The number of carbonyl (C=O) groups excluding carboxylic acids is 3. The second kappa shape index (κ2) is 10.4. The third-order valence-electron chi connectivity index (χ3n) is 3.85. The van der Waals surface area contributed by atoms with E-state index in [1.807, 2.05) is 33.0 Å². The number of sulfonamides is 1. The van der Waals surface area contributed by atoms with Gasteiger partial charge in [-0.1, -0.05) is 39.8 Å². The number of esters is 1. The lowest BCUT2D eigenvalue weighted by Gasteiger charge is -2.19. The molecule has 1 aromatic rings. The molecule has 1 atom stereocenters. The summed E-state index contributed by atoms with van der Waals surface area (Å²) in [4.78, 5) is 34.9. The van der Waals surface area contributed by atoms with E-state index >= 15 is 0 Å². The molecular weight excluding hydrogens is 398 g/mol. The molecule has 0 saturated heterocycles. The molecule has 0 aliphatic rings. The molecule has 29 heavy (non-hydrogen) atoms. The van der Waals surface area contributed by atoms with Crippen molar-refractivity contribution in [3.8, 4) is 0 Å². The topological polar surface area (TPSA) is 131 Å². The van der Waals surface area contributed by atoms with Crippen LogP contribution in [-0.4, -0.2) is 45.5 Å². The summed E-state index contributed by atoms with van der Waals surface area (Å²) in [5, 5.41) is 4.43. The number of carbonyl (C=O) groups is 3. The van der Waals surface area contributed by atoms with Gasteiger partial charge in [0.25, 0.3) is 5.91 Å². The van der Waals surface area contributed by atoms with Crippen LogP contribution in [-0.2, 0) is 29.8 Å². The number of hydrogen-bond donors (Lipinski definition) is 3. The van der Waals surface area contributed by atoms with Crippen LogP contribution in [0.3, 0.4) is 0 Å². The minimum Gasteiger partial charge on any atom is -0.454 e. The average Bonchev–Trinajstić information content (AvgIpc) is 2.63. The van der Waals surface area contributed by atoms with E-state index in [0.717, 1.165) is 5.56 Å². The van der Waals surface area contributed by atoms with Crippen molar-refractivity contribution in [2.75, 3.05) is 13.2 Å². The van der Waals surface area contributed by atoms with Gasteiger partial charge >= 0.3 is 12.0 Å². The fourth-order valence-electron chi connectivity index (χ4n) is 2.19. The van der Waals surface area contributed by atoms with E-state index in [9.17, 15) is 22.8 Å². The van der Waals surface area contributed by atoms with Crippen LogP contribution in [0.4, 0.5) is 4.79 Å². The summed E-state index contributed by atoms with van der Waals surface area (Å²) in [7, 11) is -3.95. The molecule has 1 rings (SSSR count). The van der Waals surface area contributed by atoms with Crippen molar-refractivity contribution in [1.82, 2.24) is 15.4 Å². The van der Waals surface area contributed by atoms with Crippen molar-refractivity contribution in [1.29, 1.82) is 0 Å². The smallest absolute Gasteiger partial charge is 0.324 e. The minimum absolute atomic E-state index is 0.00971. The van der Waals surface area contributed by atoms with Gasteiger partial charge in [0, 0.05) is 6.54 Å². The van der Waals surface area contributed by atoms with Crippen LogP contribution in [0.2, 0.25) is 0 Å². The van der Waals surface area contributed by atoms with Gasteiger partial charge in [0.15, 0.2) is 6.61 Å². The number of urea groups is 1. The maximum Gasteiger partial charge on any atom is 0.324 e. The largest absolute Gasteiger partial charge is 0.454 e. The Hall–Kier alpha value is -2.46. The highest BCUT2D eigenvalue weighted by Crippen LogP contribution is 2.23. The highest BCUT2D eigenvalue weighted by Gasteiger charge is 2.24. The molecule has 0 bridgehead atoms. The molecule has 0 unspecified atom stereocenters.